The number of nitriles is 1. The molecule has 49 heavy (non-hydrogen) atoms. The van der Waals surface area contributed by atoms with Crippen LogP contribution in [0.25, 0.3) is 0 Å². The molecule has 264 valence electrons. The van der Waals surface area contributed by atoms with E-state index in [9.17, 15) is 0 Å². The predicted octanol–water partition coefficient (Wildman–Crippen LogP) is 9.15. The summed E-state index contributed by atoms with van der Waals surface area (Å²) in [5.74, 6) is 4.40. The van der Waals surface area contributed by atoms with Crippen molar-refractivity contribution >= 4 is 74.7 Å². The second kappa shape index (κ2) is 25.3. The topological polar surface area (TPSA) is 119 Å². The minimum atomic E-state index is 0. The van der Waals surface area contributed by atoms with Gasteiger partial charge in [-0.15, -0.1) is 23.5 Å². The molecular weight excluding hydrogens is 802 g/mol. The monoisotopic (exact) mass is 847 g/mol. The largest absolute Gasteiger partial charge is 0.496 e. The van der Waals surface area contributed by atoms with Gasteiger partial charge in [0.25, 0.3) is 0 Å². The van der Waals surface area contributed by atoms with Gasteiger partial charge in [0.2, 0.25) is 0 Å². The molecule has 4 aromatic rings. The van der Waals surface area contributed by atoms with Crippen molar-refractivity contribution in [1.29, 1.82) is 5.26 Å². The highest BCUT2D eigenvalue weighted by Crippen LogP contribution is 2.35. The van der Waals surface area contributed by atoms with Crippen molar-refractivity contribution < 1.29 is 9.47 Å². The molecule has 4 aromatic carbocycles. The van der Waals surface area contributed by atoms with Gasteiger partial charge in [-0.25, -0.2) is 0 Å². The number of halogens is 2. The molecule has 0 unspecified atom stereocenters. The highest BCUT2D eigenvalue weighted by Gasteiger charge is 2.13. The summed E-state index contributed by atoms with van der Waals surface area (Å²) in [7, 11) is 3.37. The van der Waals surface area contributed by atoms with Gasteiger partial charge in [0.1, 0.15) is 17.3 Å². The third kappa shape index (κ3) is 15.0. The number of hydrogen-bond acceptors (Lipinski definition) is 9. The van der Waals surface area contributed by atoms with Crippen LogP contribution in [0.2, 0.25) is 0 Å². The van der Waals surface area contributed by atoms with Crippen molar-refractivity contribution in [3.8, 4) is 17.6 Å². The number of amidine groups is 1. The SMILES string of the molecule is C.COc1ccc(Br)cc1SCc1ccccc1C#N.COc1ccc(Br)cc1SCc1ccccc1C1=NCCCN1.NCCCN.S. The molecule has 5 rings (SSSR count). The Morgan fingerprint density at radius 2 is 1.35 bits per heavy atom. The van der Waals surface area contributed by atoms with Crippen LogP contribution in [-0.4, -0.2) is 46.2 Å². The number of nitrogens with zero attached hydrogens (tertiary/aromatic N) is 2. The first kappa shape index (κ1) is 44.4. The van der Waals surface area contributed by atoms with Crippen LogP contribution in [0, 0.1) is 11.3 Å². The first-order valence-corrected chi connectivity index (χ1v) is 18.7. The molecule has 0 saturated heterocycles. The number of aliphatic imine (C=N–C) groups is 1. The number of nitrogens with two attached hydrogens (primary N) is 2. The second-order valence-corrected chi connectivity index (χ2v) is 13.9. The fourth-order valence-corrected chi connectivity index (χ4v) is 7.46. The summed E-state index contributed by atoms with van der Waals surface area (Å²) in [5.41, 5.74) is 14.4. The van der Waals surface area contributed by atoms with Crippen LogP contribution in [0.1, 0.15) is 42.5 Å². The van der Waals surface area contributed by atoms with Crippen LogP contribution in [-0.2, 0) is 11.5 Å². The lowest BCUT2D eigenvalue weighted by Crippen LogP contribution is -2.30. The summed E-state index contributed by atoms with van der Waals surface area (Å²) in [6, 6.07) is 30.3. The van der Waals surface area contributed by atoms with Gasteiger partial charge in [-0.3, -0.25) is 4.99 Å². The first-order valence-electron chi connectivity index (χ1n) is 15.1. The normalized spacial score (nSPS) is 11.3. The standard InChI is InChI=1S/C18H19BrN2OS.C15H12BrNOS.C3H10N2.CH4.H2S/c1-22-16-8-7-14(19)11-17(16)23-12-13-5-2-3-6-15(13)18-20-9-4-10-21-18;1-18-14-7-6-13(16)8-15(14)19-10-12-5-3-2-4-11(12)9-17;4-2-1-3-5;;/h2-3,5-8,11H,4,9-10,12H2,1H3,(H,20,21);2-8H,10H2,1H3;1-5H2;1H4;1H2. The zero-order chi connectivity index (χ0) is 33.9. The molecule has 0 fully saturated rings. The minimum Gasteiger partial charge on any atom is -0.496 e. The van der Waals surface area contributed by atoms with Crippen molar-refractivity contribution in [2.45, 2.75) is 41.6 Å². The zero-order valence-electron chi connectivity index (χ0n) is 27.2. The maximum absolute atomic E-state index is 9.07. The van der Waals surface area contributed by atoms with E-state index >= 15 is 0 Å². The molecule has 0 radical (unpaired) electrons. The molecule has 5 N–H and O–H groups in total. The summed E-state index contributed by atoms with van der Waals surface area (Å²) >= 11 is 10.4. The van der Waals surface area contributed by atoms with Gasteiger partial charge < -0.3 is 26.3 Å². The lowest BCUT2D eigenvalue weighted by molar-refractivity contribution is 0.404. The van der Waals surface area contributed by atoms with Gasteiger partial charge in [0.15, 0.2) is 0 Å². The Labute approximate surface area is 324 Å². The Bertz CT molecular complexity index is 1630. The number of benzene rings is 4. The Morgan fingerprint density at radius 1 is 0.816 bits per heavy atom. The van der Waals surface area contributed by atoms with Crippen molar-refractivity contribution in [2.75, 3.05) is 40.4 Å². The molecule has 1 heterocycles. The van der Waals surface area contributed by atoms with E-state index < -0.39 is 0 Å². The van der Waals surface area contributed by atoms with E-state index in [1.54, 1.807) is 37.7 Å². The van der Waals surface area contributed by atoms with Gasteiger partial charge in [-0.2, -0.15) is 18.8 Å². The summed E-state index contributed by atoms with van der Waals surface area (Å²) in [5, 5.41) is 12.5. The van der Waals surface area contributed by atoms with Crippen LogP contribution < -0.4 is 26.3 Å². The molecule has 0 spiro atoms. The van der Waals surface area contributed by atoms with Gasteiger partial charge in [-0.1, -0.05) is 81.8 Å². The average molecular weight is 850 g/mol. The van der Waals surface area contributed by atoms with Gasteiger partial charge in [0, 0.05) is 39.1 Å². The number of ether oxygens (including phenoxy) is 2. The first-order chi connectivity index (χ1) is 22.9. The molecule has 0 aromatic heterocycles. The van der Waals surface area contributed by atoms with Crippen LogP contribution in [0.15, 0.2) is 109 Å². The van der Waals surface area contributed by atoms with Gasteiger partial charge >= 0.3 is 0 Å². The fourth-order valence-electron chi connectivity index (χ4n) is 4.30. The van der Waals surface area contributed by atoms with Crippen molar-refractivity contribution in [2.24, 2.45) is 16.5 Å². The van der Waals surface area contributed by atoms with Gasteiger partial charge in [0.05, 0.1) is 35.6 Å². The molecule has 12 heteroatoms. The Morgan fingerprint density at radius 3 is 1.84 bits per heavy atom. The van der Waals surface area contributed by atoms with E-state index in [-0.39, 0.29) is 20.9 Å². The van der Waals surface area contributed by atoms with Gasteiger partial charge in [-0.05, 0) is 79.5 Å². The minimum absolute atomic E-state index is 0. The Kier molecular flexibility index (Phi) is 23.0. The summed E-state index contributed by atoms with van der Waals surface area (Å²) in [4.78, 5) is 6.82. The fraction of sp³-hybridized carbons (Fsp3) is 0.297. The maximum atomic E-state index is 9.07. The van der Waals surface area contributed by atoms with E-state index in [0.29, 0.717) is 0 Å². The summed E-state index contributed by atoms with van der Waals surface area (Å²) < 4.78 is 12.9. The summed E-state index contributed by atoms with van der Waals surface area (Å²) in [6.45, 7) is 3.34. The number of methoxy groups -OCH3 is 2. The van der Waals surface area contributed by atoms with Crippen molar-refractivity contribution in [1.82, 2.24) is 5.32 Å². The Hall–Kier alpha value is -2.63. The van der Waals surface area contributed by atoms with Crippen LogP contribution in [0.5, 0.6) is 11.5 Å². The third-order valence-electron chi connectivity index (χ3n) is 6.73. The number of nitrogens with one attached hydrogen (secondary N) is 1. The highest BCUT2D eigenvalue weighted by molar-refractivity contribution is 9.10. The van der Waals surface area contributed by atoms with E-state index in [1.807, 2.05) is 54.6 Å². The molecule has 0 saturated carbocycles. The molecule has 0 aliphatic carbocycles. The molecular formula is C37H47Br2N5O2S3. The maximum Gasteiger partial charge on any atom is 0.132 e. The number of rotatable bonds is 11. The van der Waals surface area contributed by atoms with E-state index in [0.717, 1.165) is 97.7 Å². The summed E-state index contributed by atoms with van der Waals surface area (Å²) in [6.07, 6.45) is 2.05. The predicted molar refractivity (Wildman–Crippen MR) is 222 cm³/mol. The second-order valence-electron chi connectivity index (χ2n) is 10.0. The molecule has 1 aliphatic heterocycles. The van der Waals surface area contributed by atoms with Crippen LogP contribution in [0.4, 0.5) is 0 Å². The molecule has 0 amide bonds. The lowest BCUT2D eigenvalue weighted by atomic mass is 10.1. The lowest BCUT2D eigenvalue weighted by Gasteiger charge is -2.17. The van der Waals surface area contributed by atoms with E-state index in [4.69, 9.17) is 26.2 Å². The third-order valence-corrected chi connectivity index (χ3v) is 9.89. The van der Waals surface area contributed by atoms with Crippen molar-refractivity contribution in [3.63, 3.8) is 0 Å². The zero-order valence-corrected chi connectivity index (χ0v) is 33.0. The van der Waals surface area contributed by atoms with E-state index in [2.05, 4.69) is 78.6 Å². The quantitative estimate of drug-likeness (QED) is 0.128. The number of thioether (sulfide) groups is 2. The average Bonchev–Trinajstić information content (AvgIpc) is 3.11. The number of hydrogen-bond donors (Lipinski definition) is 3. The van der Waals surface area contributed by atoms with Crippen LogP contribution in [0.3, 0.4) is 0 Å². The molecule has 0 bridgehead atoms. The Balaban J connectivity index is 0.000000421. The molecule has 0 atom stereocenters. The smallest absolute Gasteiger partial charge is 0.132 e. The van der Waals surface area contributed by atoms with E-state index in [1.165, 1.54) is 11.1 Å². The van der Waals surface area contributed by atoms with Crippen molar-refractivity contribution in [3.05, 3.63) is 116 Å². The van der Waals surface area contributed by atoms with Crippen LogP contribution >= 0.6 is 68.9 Å². The highest BCUT2D eigenvalue weighted by atomic mass is 79.9. The molecule has 1 aliphatic rings. The molecule has 7 nitrogen and oxygen atoms in total.